The SMILES string of the molecule is CC.CC.CCC1CCN(c2ccc(CC3C=C4Cc5ccccc5C(=O)N(C)C4=C(C)N3)c(OC)c2)CC1.[HH]. The first-order valence-electron chi connectivity index (χ1n) is 14.9. The Kier molecular flexibility index (Phi) is 11.1. The van der Waals surface area contributed by atoms with E-state index in [4.69, 9.17) is 4.74 Å². The van der Waals surface area contributed by atoms with E-state index >= 15 is 0 Å². The van der Waals surface area contributed by atoms with Crippen LogP contribution >= 0.6 is 0 Å². The lowest BCUT2D eigenvalue weighted by Gasteiger charge is -2.34. The van der Waals surface area contributed by atoms with Crippen molar-refractivity contribution in [3.8, 4) is 5.75 Å². The molecular weight excluding hydrogens is 482 g/mol. The van der Waals surface area contributed by atoms with Gasteiger partial charge in [-0.05, 0) is 60.9 Å². The summed E-state index contributed by atoms with van der Waals surface area (Å²) in [5, 5.41) is 3.65. The zero-order chi connectivity index (χ0) is 28.5. The number of amides is 1. The van der Waals surface area contributed by atoms with Gasteiger partial charge in [-0.3, -0.25) is 4.79 Å². The fraction of sp³-hybridized carbons (Fsp3) is 0.500. The standard InChI is InChI=1S/C30H37N3O2.2C2H6.H2/c1-5-21-12-14-33(15-13-21)26-11-10-23(28(19-26)35-4)17-25-18-24-16-22-8-6-7-9-27(22)30(34)32(3)29(24)20(2)31-25;2*1-2;/h6-11,18-19,21,25,31H,5,12-17H2,1-4H3;2*1-2H3;1H. The Labute approximate surface area is 238 Å². The molecule has 39 heavy (non-hydrogen) atoms. The topological polar surface area (TPSA) is 44.8 Å². The first-order chi connectivity index (χ1) is 19.0. The Morgan fingerprint density at radius 1 is 1.05 bits per heavy atom. The molecule has 5 heteroatoms. The first kappa shape index (κ1) is 30.3. The zero-order valence-corrected chi connectivity index (χ0v) is 25.4. The Morgan fingerprint density at radius 2 is 1.74 bits per heavy atom. The maximum Gasteiger partial charge on any atom is 0.258 e. The third-order valence-electron chi connectivity index (χ3n) is 8.00. The maximum atomic E-state index is 13.1. The van der Waals surface area contributed by atoms with Crippen molar-refractivity contribution < 1.29 is 11.0 Å². The normalized spacial score (nSPS) is 18.8. The molecule has 0 aliphatic carbocycles. The molecule has 3 heterocycles. The molecule has 5 rings (SSSR count). The Morgan fingerprint density at radius 3 is 2.41 bits per heavy atom. The fourth-order valence-electron chi connectivity index (χ4n) is 5.98. The van der Waals surface area contributed by atoms with Gasteiger partial charge in [0.25, 0.3) is 5.91 Å². The number of methoxy groups -OCH3 is 1. The number of nitrogens with zero attached hydrogens (tertiary/aromatic N) is 2. The van der Waals surface area contributed by atoms with Gasteiger partial charge in [0, 0.05) is 57.0 Å². The summed E-state index contributed by atoms with van der Waals surface area (Å²) in [5.74, 6) is 1.87. The zero-order valence-electron chi connectivity index (χ0n) is 25.4. The molecule has 1 fully saturated rings. The number of rotatable bonds is 5. The van der Waals surface area contributed by atoms with E-state index in [0.29, 0.717) is 0 Å². The minimum Gasteiger partial charge on any atom is -0.496 e. The number of likely N-dealkylation sites (N-methyl/N-ethyl adjacent to an activating group) is 1. The van der Waals surface area contributed by atoms with Crippen molar-refractivity contribution in [1.29, 1.82) is 0 Å². The minimum absolute atomic E-state index is 0. The molecule has 5 nitrogen and oxygen atoms in total. The van der Waals surface area contributed by atoms with Gasteiger partial charge in [0.1, 0.15) is 5.75 Å². The van der Waals surface area contributed by atoms with E-state index in [1.165, 1.54) is 36.1 Å². The number of hydrogen-bond donors (Lipinski definition) is 1. The summed E-state index contributed by atoms with van der Waals surface area (Å²) in [6, 6.07) is 14.8. The predicted octanol–water partition coefficient (Wildman–Crippen LogP) is 7.62. The molecule has 3 aliphatic rings. The van der Waals surface area contributed by atoms with Crippen molar-refractivity contribution >= 4 is 11.6 Å². The number of allylic oxidation sites excluding steroid dienone is 2. The lowest BCUT2D eigenvalue weighted by Crippen LogP contribution is -2.37. The molecule has 1 unspecified atom stereocenters. The van der Waals surface area contributed by atoms with Crippen LogP contribution in [0.3, 0.4) is 0 Å². The molecule has 1 amide bonds. The lowest BCUT2D eigenvalue weighted by atomic mass is 9.92. The number of hydrogen-bond acceptors (Lipinski definition) is 4. The predicted molar refractivity (Wildman–Crippen MR) is 167 cm³/mol. The van der Waals surface area contributed by atoms with Crippen LogP contribution in [0.2, 0.25) is 0 Å². The van der Waals surface area contributed by atoms with Crippen molar-refractivity contribution in [2.24, 2.45) is 5.92 Å². The number of carbonyl (C=O) groups excluding carboxylic acids is 1. The maximum absolute atomic E-state index is 13.1. The van der Waals surface area contributed by atoms with Gasteiger partial charge in [-0.1, -0.05) is 71.4 Å². The summed E-state index contributed by atoms with van der Waals surface area (Å²) in [7, 11) is 3.65. The molecule has 0 radical (unpaired) electrons. The summed E-state index contributed by atoms with van der Waals surface area (Å²) >= 11 is 0. The average Bonchev–Trinajstić information content (AvgIpc) is 3.09. The van der Waals surface area contributed by atoms with Crippen molar-refractivity contribution in [2.75, 3.05) is 32.1 Å². The number of carbonyl (C=O) groups is 1. The second-order valence-corrected chi connectivity index (χ2v) is 10.2. The van der Waals surface area contributed by atoms with Crippen molar-refractivity contribution in [3.63, 3.8) is 0 Å². The van der Waals surface area contributed by atoms with Gasteiger partial charge in [0.2, 0.25) is 0 Å². The van der Waals surface area contributed by atoms with E-state index in [1.807, 2.05) is 52.9 Å². The molecule has 214 valence electrons. The molecule has 2 aromatic rings. The average molecular weight is 534 g/mol. The quantitative estimate of drug-likeness (QED) is 0.429. The van der Waals surface area contributed by atoms with Crippen LogP contribution in [0.5, 0.6) is 5.75 Å². The summed E-state index contributed by atoms with van der Waals surface area (Å²) in [6.07, 6.45) is 7.72. The van der Waals surface area contributed by atoms with Gasteiger partial charge in [0.15, 0.2) is 0 Å². The van der Waals surface area contributed by atoms with Gasteiger partial charge in [0.05, 0.1) is 12.8 Å². The number of nitrogens with one attached hydrogen (secondary N) is 1. The Balaban J connectivity index is 0.00000107. The minimum atomic E-state index is 0. The van der Waals surface area contributed by atoms with Gasteiger partial charge >= 0.3 is 0 Å². The van der Waals surface area contributed by atoms with Crippen molar-refractivity contribution in [2.45, 2.75) is 79.7 Å². The highest BCUT2D eigenvalue weighted by Gasteiger charge is 2.31. The highest BCUT2D eigenvalue weighted by atomic mass is 16.5. The van der Waals surface area contributed by atoms with Crippen LogP contribution in [0.4, 0.5) is 5.69 Å². The Bertz CT molecular complexity index is 1180. The van der Waals surface area contributed by atoms with E-state index in [1.54, 1.807) is 12.0 Å². The third kappa shape index (κ3) is 6.69. The molecular formula is C34H51N3O2. The summed E-state index contributed by atoms with van der Waals surface area (Å²) in [6.45, 7) is 14.6. The van der Waals surface area contributed by atoms with E-state index in [9.17, 15) is 4.79 Å². The molecule has 1 atom stereocenters. The summed E-state index contributed by atoms with van der Waals surface area (Å²) < 4.78 is 5.85. The van der Waals surface area contributed by atoms with Crippen LogP contribution in [0.25, 0.3) is 0 Å². The highest BCUT2D eigenvalue weighted by molar-refractivity contribution is 5.98. The first-order valence-corrected chi connectivity index (χ1v) is 14.9. The second kappa shape index (κ2) is 14.3. The number of anilines is 1. The van der Waals surface area contributed by atoms with Crippen LogP contribution in [-0.4, -0.2) is 44.1 Å². The number of dihydropyridines is 1. The molecule has 1 N–H and O–H groups in total. The van der Waals surface area contributed by atoms with Gasteiger partial charge in [-0.25, -0.2) is 0 Å². The van der Waals surface area contributed by atoms with Crippen LogP contribution in [-0.2, 0) is 12.8 Å². The number of fused-ring (bicyclic) bond motifs is 2. The van der Waals surface area contributed by atoms with Crippen LogP contribution in [0.1, 0.15) is 83.7 Å². The summed E-state index contributed by atoms with van der Waals surface area (Å²) in [4.78, 5) is 17.4. The lowest BCUT2D eigenvalue weighted by molar-refractivity contribution is 0.0838. The van der Waals surface area contributed by atoms with Crippen LogP contribution in [0.15, 0.2) is 65.5 Å². The molecule has 0 saturated carbocycles. The molecule has 0 spiro atoms. The van der Waals surface area contributed by atoms with Crippen molar-refractivity contribution in [1.82, 2.24) is 10.2 Å². The third-order valence-corrected chi connectivity index (χ3v) is 8.00. The van der Waals surface area contributed by atoms with Crippen molar-refractivity contribution in [3.05, 3.63) is 82.2 Å². The highest BCUT2D eigenvalue weighted by Crippen LogP contribution is 2.34. The van der Waals surface area contributed by atoms with Gasteiger partial charge < -0.3 is 19.9 Å². The van der Waals surface area contributed by atoms with Gasteiger partial charge in [-0.2, -0.15) is 0 Å². The van der Waals surface area contributed by atoms with Gasteiger partial charge in [-0.15, -0.1) is 0 Å². The summed E-state index contributed by atoms with van der Waals surface area (Å²) in [5.41, 5.74) is 7.60. The number of piperidine rings is 1. The molecule has 0 bridgehead atoms. The van der Waals surface area contributed by atoms with Crippen LogP contribution < -0.4 is 15.0 Å². The van der Waals surface area contributed by atoms with E-state index in [0.717, 1.165) is 60.1 Å². The monoisotopic (exact) mass is 533 g/mol. The molecule has 2 aromatic carbocycles. The number of benzene rings is 2. The molecule has 3 aliphatic heterocycles. The largest absolute Gasteiger partial charge is 0.496 e. The van der Waals surface area contributed by atoms with E-state index in [-0.39, 0.29) is 13.4 Å². The van der Waals surface area contributed by atoms with E-state index < -0.39 is 0 Å². The number of ether oxygens (including phenoxy) is 1. The molecule has 0 aromatic heterocycles. The van der Waals surface area contributed by atoms with E-state index in [2.05, 4.69) is 54.4 Å². The Hall–Kier alpha value is -3.21. The molecule has 1 saturated heterocycles. The fourth-order valence-corrected chi connectivity index (χ4v) is 5.98. The smallest absolute Gasteiger partial charge is 0.258 e. The second-order valence-electron chi connectivity index (χ2n) is 10.2. The van der Waals surface area contributed by atoms with Crippen LogP contribution in [0, 0.1) is 5.92 Å².